The van der Waals surface area contributed by atoms with Crippen molar-refractivity contribution in [3.63, 3.8) is 0 Å². The maximum absolute atomic E-state index is 13.3. The third kappa shape index (κ3) is 3.56. The Kier molecular flexibility index (Phi) is 4.54. The van der Waals surface area contributed by atoms with Crippen molar-refractivity contribution in [1.82, 2.24) is 0 Å². The molecule has 0 heterocycles. The van der Waals surface area contributed by atoms with Crippen molar-refractivity contribution >= 4 is 21.6 Å². The monoisotopic (exact) mass is 354 g/mol. The zero-order valence-corrected chi connectivity index (χ0v) is 12.6. The first-order valence-corrected chi connectivity index (χ1v) is 6.84. The van der Waals surface area contributed by atoms with Crippen LogP contribution < -0.4 is 10.5 Å². The van der Waals surface area contributed by atoms with Gasteiger partial charge in [0.2, 0.25) is 5.75 Å². The smallest absolute Gasteiger partial charge is 0.312 e. The van der Waals surface area contributed by atoms with E-state index in [9.17, 15) is 14.5 Å². The summed E-state index contributed by atoms with van der Waals surface area (Å²) in [6, 6.07) is 7.83. The number of nitrogens with two attached hydrogens (primary N) is 1. The van der Waals surface area contributed by atoms with Crippen molar-refractivity contribution in [3.8, 4) is 11.5 Å². The second-order valence-electron chi connectivity index (χ2n) is 4.44. The van der Waals surface area contributed by atoms with Gasteiger partial charge < -0.3 is 10.5 Å². The van der Waals surface area contributed by atoms with E-state index in [-0.39, 0.29) is 17.2 Å². The molecule has 0 radical (unpaired) electrons. The van der Waals surface area contributed by atoms with Gasteiger partial charge in [-0.05, 0) is 37.3 Å². The number of hydrogen-bond donors (Lipinski definition) is 1. The molecule has 0 amide bonds. The Bertz CT molecular complexity index is 692. The van der Waals surface area contributed by atoms with E-state index >= 15 is 0 Å². The fourth-order valence-corrected chi connectivity index (χ4v) is 2.16. The highest BCUT2D eigenvalue weighted by Gasteiger charge is 2.18. The van der Waals surface area contributed by atoms with Crippen LogP contribution in [0, 0.1) is 15.9 Å². The molecule has 1 unspecified atom stereocenters. The Balaban J connectivity index is 2.46. The molecule has 2 aromatic rings. The molecule has 7 heteroatoms. The minimum absolute atomic E-state index is 0.0664. The molecule has 110 valence electrons. The van der Waals surface area contributed by atoms with Crippen LogP contribution in [0.15, 0.2) is 40.9 Å². The number of benzene rings is 2. The van der Waals surface area contributed by atoms with Crippen molar-refractivity contribution in [2.24, 2.45) is 5.73 Å². The van der Waals surface area contributed by atoms with E-state index in [4.69, 9.17) is 10.5 Å². The van der Waals surface area contributed by atoms with Gasteiger partial charge in [0.25, 0.3) is 0 Å². The van der Waals surface area contributed by atoms with Gasteiger partial charge in [0.15, 0.2) is 0 Å². The van der Waals surface area contributed by atoms with Crippen LogP contribution in [0.2, 0.25) is 0 Å². The van der Waals surface area contributed by atoms with E-state index in [1.807, 2.05) is 0 Å². The standard InChI is InChI=1S/C14H12BrFN2O3/c1-8(17)11-7-10(16)3-5-13(11)21-14-4-2-9(15)6-12(14)18(19)20/h2-8H,17H2,1H3. The Morgan fingerprint density at radius 3 is 2.57 bits per heavy atom. The lowest BCUT2D eigenvalue weighted by Gasteiger charge is -2.14. The molecule has 0 spiro atoms. The van der Waals surface area contributed by atoms with Gasteiger partial charge in [0, 0.05) is 22.1 Å². The lowest BCUT2D eigenvalue weighted by molar-refractivity contribution is -0.385. The van der Waals surface area contributed by atoms with Crippen molar-refractivity contribution in [1.29, 1.82) is 0 Å². The number of ether oxygens (including phenoxy) is 1. The van der Waals surface area contributed by atoms with E-state index < -0.39 is 16.8 Å². The summed E-state index contributed by atoms with van der Waals surface area (Å²) in [4.78, 5) is 10.5. The topological polar surface area (TPSA) is 78.4 Å². The second-order valence-corrected chi connectivity index (χ2v) is 5.36. The van der Waals surface area contributed by atoms with Crippen LogP contribution in [-0.2, 0) is 0 Å². The first-order valence-electron chi connectivity index (χ1n) is 6.05. The molecule has 2 rings (SSSR count). The number of hydrogen-bond acceptors (Lipinski definition) is 4. The van der Waals surface area contributed by atoms with Crippen LogP contribution in [0.5, 0.6) is 11.5 Å². The number of rotatable bonds is 4. The predicted molar refractivity (Wildman–Crippen MR) is 79.9 cm³/mol. The summed E-state index contributed by atoms with van der Waals surface area (Å²) in [5.41, 5.74) is 6.02. The Hall–Kier alpha value is -1.99. The van der Waals surface area contributed by atoms with Crippen LogP contribution in [-0.4, -0.2) is 4.92 Å². The van der Waals surface area contributed by atoms with Crippen LogP contribution in [0.4, 0.5) is 10.1 Å². The molecule has 0 bridgehead atoms. The summed E-state index contributed by atoms with van der Waals surface area (Å²) < 4.78 is 19.4. The highest BCUT2D eigenvalue weighted by atomic mass is 79.9. The Morgan fingerprint density at radius 1 is 1.29 bits per heavy atom. The summed E-state index contributed by atoms with van der Waals surface area (Å²) in [5, 5.41) is 11.1. The summed E-state index contributed by atoms with van der Waals surface area (Å²) >= 11 is 3.17. The molecule has 0 aliphatic carbocycles. The molecule has 0 aromatic heterocycles. The van der Waals surface area contributed by atoms with E-state index in [0.717, 1.165) is 0 Å². The molecule has 0 fully saturated rings. The lowest BCUT2D eigenvalue weighted by atomic mass is 10.1. The van der Waals surface area contributed by atoms with Gasteiger partial charge in [0.1, 0.15) is 11.6 Å². The van der Waals surface area contributed by atoms with E-state index in [1.54, 1.807) is 13.0 Å². The molecule has 2 aromatic carbocycles. The highest BCUT2D eigenvalue weighted by Crippen LogP contribution is 2.36. The van der Waals surface area contributed by atoms with Crippen molar-refractivity contribution < 1.29 is 14.1 Å². The first kappa shape index (κ1) is 15.4. The summed E-state index contributed by atoms with van der Waals surface area (Å²) in [6.45, 7) is 1.68. The molecular weight excluding hydrogens is 343 g/mol. The first-order chi connectivity index (χ1) is 9.88. The summed E-state index contributed by atoms with van der Waals surface area (Å²) in [7, 11) is 0. The minimum atomic E-state index is -0.546. The fourth-order valence-electron chi connectivity index (χ4n) is 1.81. The van der Waals surface area contributed by atoms with Crippen molar-refractivity contribution in [3.05, 3.63) is 62.4 Å². The van der Waals surface area contributed by atoms with Gasteiger partial charge in [-0.3, -0.25) is 10.1 Å². The second kappa shape index (κ2) is 6.19. The van der Waals surface area contributed by atoms with Crippen LogP contribution in [0.3, 0.4) is 0 Å². The van der Waals surface area contributed by atoms with Gasteiger partial charge >= 0.3 is 5.69 Å². The third-order valence-electron chi connectivity index (χ3n) is 2.80. The minimum Gasteiger partial charge on any atom is -0.450 e. The number of halogens is 2. The highest BCUT2D eigenvalue weighted by molar-refractivity contribution is 9.10. The lowest BCUT2D eigenvalue weighted by Crippen LogP contribution is -2.07. The summed E-state index contributed by atoms with van der Waals surface area (Å²) in [6.07, 6.45) is 0. The van der Waals surface area contributed by atoms with Crippen LogP contribution in [0.25, 0.3) is 0 Å². The third-order valence-corrected chi connectivity index (χ3v) is 3.29. The molecule has 0 aliphatic heterocycles. The molecule has 0 saturated carbocycles. The maximum atomic E-state index is 13.3. The molecule has 0 aliphatic rings. The molecule has 0 saturated heterocycles. The van der Waals surface area contributed by atoms with Gasteiger partial charge in [0.05, 0.1) is 4.92 Å². The van der Waals surface area contributed by atoms with Gasteiger partial charge in [-0.2, -0.15) is 0 Å². The van der Waals surface area contributed by atoms with E-state index in [1.165, 1.54) is 30.3 Å². The normalized spacial score (nSPS) is 12.0. The maximum Gasteiger partial charge on any atom is 0.312 e. The van der Waals surface area contributed by atoms with Gasteiger partial charge in [-0.15, -0.1) is 0 Å². The zero-order chi connectivity index (χ0) is 15.6. The number of nitro benzene ring substituents is 1. The Labute approximate surface area is 128 Å². The zero-order valence-electron chi connectivity index (χ0n) is 11.0. The average molecular weight is 355 g/mol. The van der Waals surface area contributed by atoms with Gasteiger partial charge in [-0.1, -0.05) is 15.9 Å². The quantitative estimate of drug-likeness (QED) is 0.655. The largest absolute Gasteiger partial charge is 0.450 e. The van der Waals surface area contributed by atoms with E-state index in [0.29, 0.717) is 10.0 Å². The molecule has 1 atom stereocenters. The van der Waals surface area contributed by atoms with Crippen molar-refractivity contribution in [2.45, 2.75) is 13.0 Å². The summed E-state index contributed by atoms with van der Waals surface area (Å²) in [5.74, 6) is -0.0894. The SMILES string of the molecule is CC(N)c1cc(F)ccc1Oc1ccc(Br)cc1[N+](=O)[O-]. The predicted octanol–water partition coefficient (Wildman–Crippen LogP) is 4.31. The van der Waals surface area contributed by atoms with Crippen LogP contribution in [0.1, 0.15) is 18.5 Å². The molecule has 2 N–H and O–H groups in total. The molecular formula is C14H12BrFN2O3. The Morgan fingerprint density at radius 2 is 1.95 bits per heavy atom. The van der Waals surface area contributed by atoms with E-state index in [2.05, 4.69) is 15.9 Å². The van der Waals surface area contributed by atoms with Gasteiger partial charge in [-0.25, -0.2) is 4.39 Å². The average Bonchev–Trinajstić information content (AvgIpc) is 2.42. The van der Waals surface area contributed by atoms with Crippen molar-refractivity contribution in [2.75, 3.05) is 0 Å². The molecule has 5 nitrogen and oxygen atoms in total. The van der Waals surface area contributed by atoms with Crippen LogP contribution >= 0.6 is 15.9 Å². The number of nitro groups is 1. The fraction of sp³-hybridized carbons (Fsp3) is 0.143. The number of nitrogens with zero attached hydrogens (tertiary/aromatic N) is 1. The molecule has 21 heavy (non-hydrogen) atoms.